The van der Waals surface area contributed by atoms with Crippen molar-refractivity contribution < 1.29 is 24.2 Å². The Labute approximate surface area is 209 Å². The van der Waals surface area contributed by atoms with E-state index in [1.54, 1.807) is 0 Å². The van der Waals surface area contributed by atoms with Crippen LogP contribution >= 0.6 is 11.8 Å². The van der Waals surface area contributed by atoms with Crippen LogP contribution in [0.4, 0.5) is 4.79 Å². The van der Waals surface area contributed by atoms with Gasteiger partial charge in [-0.1, -0.05) is 61.9 Å². The van der Waals surface area contributed by atoms with E-state index in [1.807, 2.05) is 31.2 Å². The Balaban J connectivity index is 1.22. The SMILES string of the molecule is CCCC1SCC(C(=O)O)N1C(=O)CC1(NC(=O)OCC2c3ccccc3-c3ccccc32)CC1. The van der Waals surface area contributed by atoms with Crippen molar-refractivity contribution in [1.29, 1.82) is 0 Å². The minimum atomic E-state index is -0.973. The summed E-state index contributed by atoms with van der Waals surface area (Å²) in [6.07, 6.45) is 2.55. The van der Waals surface area contributed by atoms with Gasteiger partial charge >= 0.3 is 12.1 Å². The Bertz CT molecular complexity index is 1100. The van der Waals surface area contributed by atoms with E-state index in [9.17, 15) is 19.5 Å². The second-order valence-electron chi connectivity index (χ2n) is 9.64. The Kier molecular flexibility index (Phi) is 6.49. The van der Waals surface area contributed by atoms with Crippen molar-refractivity contribution in [3.63, 3.8) is 0 Å². The molecule has 5 rings (SSSR count). The van der Waals surface area contributed by atoms with Gasteiger partial charge < -0.3 is 20.1 Å². The van der Waals surface area contributed by atoms with Crippen molar-refractivity contribution in [2.45, 2.75) is 61.9 Å². The summed E-state index contributed by atoms with van der Waals surface area (Å²) in [5, 5.41) is 12.4. The Morgan fingerprint density at radius 1 is 1.09 bits per heavy atom. The molecular formula is C27H30N2O5S. The zero-order valence-electron chi connectivity index (χ0n) is 19.7. The number of hydrogen-bond acceptors (Lipinski definition) is 5. The third kappa shape index (κ3) is 4.63. The normalized spacial score (nSPS) is 21.8. The molecule has 0 radical (unpaired) electrons. The van der Waals surface area contributed by atoms with Crippen LogP contribution in [0.1, 0.15) is 56.1 Å². The summed E-state index contributed by atoms with van der Waals surface area (Å²) in [4.78, 5) is 39.2. The number of carbonyl (C=O) groups excluding carboxylic acids is 2. The number of thioether (sulfide) groups is 1. The lowest BCUT2D eigenvalue weighted by Crippen LogP contribution is -2.49. The number of aliphatic carboxylic acids is 1. The smallest absolute Gasteiger partial charge is 0.407 e. The average molecular weight is 495 g/mol. The van der Waals surface area contributed by atoms with Crippen LogP contribution in [0.3, 0.4) is 0 Å². The lowest BCUT2D eigenvalue weighted by Gasteiger charge is -2.29. The molecule has 1 aliphatic heterocycles. The lowest BCUT2D eigenvalue weighted by molar-refractivity contribution is -0.149. The number of nitrogens with one attached hydrogen (secondary N) is 1. The van der Waals surface area contributed by atoms with Gasteiger partial charge in [-0.3, -0.25) is 4.79 Å². The van der Waals surface area contributed by atoms with Crippen molar-refractivity contribution >= 4 is 29.7 Å². The van der Waals surface area contributed by atoms with Crippen molar-refractivity contribution in [2.75, 3.05) is 12.4 Å². The predicted octanol–water partition coefficient (Wildman–Crippen LogP) is 4.60. The van der Waals surface area contributed by atoms with E-state index in [-0.39, 0.29) is 30.2 Å². The average Bonchev–Trinajstić information content (AvgIpc) is 3.32. The molecule has 184 valence electrons. The molecule has 2 unspecified atom stereocenters. The largest absolute Gasteiger partial charge is 0.480 e. The third-order valence-electron chi connectivity index (χ3n) is 7.26. The molecule has 35 heavy (non-hydrogen) atoms. The van der Waals surface area contributed by atoms with E-state index < -0.39 is 23.6 Å². The van der Waals surface area contributed by atoms with Gasteiger partial charge in [0.25, 0.3) is 0 Å². The summed E-state index contributed by atoms with van der Waals surface area (Å²) >= 11 is 1.52. The van der Waals surface area contributed by atoms with E-state index in [0.29, 0.717) is 18.6 Å². The minimum absolute atomic E-state index is 0.0299. The Hall–Kier alpha value is -3.00. The number of amides is 2. The highest BCUT2D eigenvalue weighted by Gasteiger charge is 2.50. The molecule has 2 atom stereocenters. The molecule has 1 heterocycles. The zero-order valence-corrected chi connectivity index (χ0v) is 20.6. The number of benzene rings is 2. The lowest BCUT2D eigenvalue weighted by atomic mass is 9.98. The highest BCUT2D eigenvalue weighted by Crippen LogP contribution is 2.45. The van der Waals surface area contributed by atoms with Gasteiger partial charge in [0, 0.05) is 11.7 Å². The molecule has 0 aromatic heterocycles. The number of carboxylic acids is 1. The molecule has 0 spiro atoms. The summed E-state index contributed by atoms with van der Waals surface area (Å²) in [5.74, 6) is -0.813. The molecule has 2 N–H and O–H groups in total. The number of alkyl carbamates (subject to hydrolysis) is 1. The molecule has 2 aromatic carbocycles. The molecule has 7 nitrogen and oxygen atoms in total. The molecule has 2 aromatic rings. The molecule has 2 amide bonds. The van der Waals surface area contributed by atoms with E-state index in [4.69, 9.17) is 4.74 Å². The fourth-order valence-corrected chi connectivity index (χ4v) is 6.82. The van der Waals surface area contributed by atoms with Crippen LogP contribution < -0.4 is 5.32 Å². The van der Waals surface area contributed by atoms with Gasteiger partial charge in [-0.15, -0.1) is 11.8 Å². The summed E-state index contributed by atoms with van der Waals surface area (Å²) in [7, 11) is 0. The Morgan fingerprint density at radius 2 is 1.71 bits per heavy atom. The van der Waals surface area contributed by atoms with Crippen LogP contribution in [-0.4, -0.2) is 57.3 Å². The minimum Gasteiger partial charge on any atom is -0.480 e. The fourth-order valence-electron chi connectivity index (χ4n) is 5.29. The number of rotatable bonds is 8. The first-order valence-electron chi connectivity index (χ1n) is 12.2. The second-order valence-corrected chi connectivity index (χ2v) is 10.9. The van der Waals surface area contributed by atoms with E-state index in [1.165, 1.54) is 27.8 Å². The van der Waals surface area contributed by atoms with E-state index >= 15 is 0 Å². The number of fused-ring (bicyclic) bond motifs is 3. The number of carboxylic acid groups (broad SMARTS) is 1. The summed E-state index contributed by atoms with van der Waals surface area (Å²) < 4.78 is 5.67. The summed E-state index contributed by atoms with van der Waals surface area (Å²) in [5.41, 5.74) is 3.98. The number of hydrogen-bond donors (Lipinski definition) is 2. The number of nitrogens with zero attached hydrogens (tertiary/aromatic N) is 1. The molecule has 8 heteroatoms. The molecule has 0 bridgehead atoms. The van der Waals surface area contributed by atoms with Gasteiger partial charge in [0.1, 0.15) is 12.6 Å². The van der Waals surface area contributed by atoms with Crippen LogP contribution in [-0.2, 0) is 14.3 Å². The molecule has 2 fully saturated rings. The van der Waals surface area contributed by atoms with E-state index in [2.05, 4.69) is 29.6 Å². The molecule has 1 saturated carbocycles. The van der Waals surface area contributed by atoms with Crippen molar-refractivity contribution in [2.24, 2.45) is 0 Å². The third-order valence-corrected chi connectivity index (χ3v) is 8.61. The highest BCUT2D eigenvalue weighted by atomic mass is 32.2. The highest BCUT2D eigenvalue weighted by molar-refractivity contribution is 8.00. The van der Waals surface area contributed by atoms with Crippen LogP contribution in [0.5, 0.6) is 0 Å². The van der Waals surface area contributed by atoms with Crippen LogP contribution in [0, 0.1) is 0 Å². The van der Waals surface area contributed by atoms with Gasteiger partial charge in [0.05, 0.1) is 17.3 Å². The van der Waals surface area contributed by atoms with Gasteiger partial charge in [0.15, 0.2) is 0 Å². The summed E-state index contributed by atoms with van der Waals surface area (Å²) in [6.45, 7) is 2.24. The first-order valence-corrected chi connectivity index (χ1v) is 13.3. The van der Waals surface area contributed by atoms with Gasteiger partial charge in [-0.25, -0.2) is 9.59 Å². The molecule has 2 aliphatic carbocycles. The molecule has 3 aliphatic rings. The van der Waals surface area contributed by atoms with E-state index in [0.717, 1.165) is 24.0 Å². The predicted molar refractivity (Wildman–Crippen MR) is 134 cm³/mol. The van der Waals surface area contributed by atoms with Crippen molar-refractivity contribution in [3.05, 3.63) is 59.7 Å². The van der Waals surface area contributed by atoms with Crippen molar-refractivity contribution in [3.8, 4) is 11.1 Å². The van der Waals surface area contributed by atoms with Crippen LogP contribution in [0.25, 0.3) is 11.1 Å². The first kappa shape index (κ1) is 23.7. The quantitative estimate of drug-likeness (QED) is 0.557. The van der Waals surface area contributed by atoms with Gasteiger partial charge in [0.2, 0.25) is 5.91 Å². The molecular weight excluding hydrogens is 464 g/mol. The monoisotopic (exact) mass is 494 g/mol. The van der Waals surface area contributed by atoms with Gasteiger partial charge in [-0.2, -0.15) is 0 Å². The summed E-state index contributed by atoms with van der Waals surface area (Å²) in [6, 6.07) is 15.5. The number of ether oxygens (including phenoxy) is 1. The number of carbonyl (C=O) groups is 3. The standard InChI is InChI=1S/C27H30N2O5S/c1-2-7-24-29(22(16-35-24)25(31)32)23(30)14-27(12-13-27)28-26(33)34-15-21-19-10-5-3-8-17(19)18-9-4-6-11-20(18)21/h3-6,8-11,21-22,24H,2,7,12-16H2,1H3,(H,28,33)(H,31,32). The first-order chi connectivity index (χ1) is 16.9. The maximum Gasteiger partial charge on any atom is 0.407 e. The van der Waals surface area contributed by atoms with Crippen LogP contribution in [0.15, 0.2) is 48.5 Å². The Morgan fingerprint density at radius 3 is 2.29 bits per heavy atom. The zero-order chi connectivity index (χ0) is 24.6. The second kappa shape index (κ2) is 9.57. The van der Waals surface area contributed by atoms with Crippen LogP contribution in [0.2, 0.25) is 0 Å². The molecule has 1 saturated heterocycles. The van der Waals surface area contributed by atoms with Gasteiger partial charge in [-0.05, 0) is 41.5 Å². The maximum absolute atomic E-state index is 13.2. The topological polar surface area (TPSA) is 95.9 Å². The maximum atomic E-state index is 13.2. The fraction of sp³-hybridized carbons (Fsp3) is 0.444. The van der Waals surface area contributed by atoms with Crippen molar-refractivity contribution in [1.82, 2.24) is 10.2 Å².